The van der Waals surface area contributed by atoms with Gasteiger partial charge in [-0.05, 0) is 12.8 Å². The molecule has 0 spiro atoms. The Kier molecular flexibility index (Phi) is 1.47. The van der Waals surface area contributed by atoms with Gasteiger partial charge in [-0.15, -0.1) is 0 Å². The third-order valence-electron chi connectivity index (χ3n) is 2.87. The van der Waals surface area contributed by atoms with Crippen LogP contribution in [0.25, 0.3) is 0 Å². The third-order valence-corrected chi connectivity index (χ3v) is 2.87. The van der Waals surface area contributed by atoms with Gasteiger partial charge < -0.3 is 10.2 Å². The van der Waals surface area contributed by atoms with Crippen molar-refractivity contribution in [3.8, 4) is 0 Å². The molecule has 3 atom stereocenters. The average Bonchev–Trinajstić information content (AvgIpc) is 2.38. The van der Waals surface area contributed by atoms with Gasteiger partial charge in [-0.2, -0.15) is 0 Å². The van der Waals surface area contributed by atoms with Crippen LogP contribution in [0.2, 0.25) is 0 Å². The molecule has 1 unspecified atom stereocenters. The summed E-state index contributed by atoms with van der Waals surface area (Å²) in [4.78, 5) is 10.6. The van der Waals surface area contributed by atoms with Crippen LogP contribution < -0.4 is 0 Å². The molecule has 0 aromatic carbocycles. The van der Waals surface area contributed by atoms with E-state index in [0.29, 0.717) is 0 Å². The van der Waals surface area contributed by atoms with Gasteiger partial charge in [0.2, 0.25) is 0 Å². The first-order chi connectivity index (χ1) is 4.55. The number of rotatable bonds is 2. The molecule has 0 aromatic heterocycles. The molecule has 10 heavy (non-hydrogen) atoms. The number of hydrogen-bond donors (Lipinski definition) is 2. The summed E-state index contributed by atoms with van der Waals surface area (Å²) < 4.78 is 0. The van der Waals surface area contributed by atoms with Crippen LogP contribution in [0.15, 0.2) is 0 Å². The lowest BCUT2D eigenvalue weighted by atomic mass is 10.1. The van der Waals surface area contributed by atoms with E-state index in [0.717, 1.165) is 0 Å². The first kappa shape index (κ1) is 7.54. The van der Waals surface area contributed by atoms with Gasteiger partial charge in [0.05, 0.1) is 5.41 Å². The van der Waals surface area contributed by atoms with Gasteiger partial charge >= 0.3 is 5.97 Å². The maximum atomic E-state index is 10.6. The van der Waals surface area contributed by atoms with Crippen molar-refractivity contribution in [2.24, 2.45) is 17.3 Å². The Morgan fingerprint density at radius 2 is 2.20 bits per heavy atom. The largest absolute Gasteiger partial charge is 0.481 e. The van der Waals surface area contributed by atoms with Crippen molar-refractivity contribution >= 4 is 5.97 Å². The number of carboxylic acid groups (broad SMARTS) is 1. The van der Waals surface area contributed by atoms with Crippen LogP contribution >= 0.6 is 0 Å². The van der Waals surface area contributed by atoms with E-state index < -0.39 is 11.4 Å². The number of aliphatic hydroxyl groups is 1. The van der Waals surface area contributed by atoms with Crippen LogP contribution in [0.5, 0.6) is 0 Å². The highest BCUT2D eigenvalue weighted by Gasteiger charge is 2.63. The SMILES string of the molecule is C[C@H]1[C@@H](CO)C1(C)C(=O)O. The predicted octanol–water partition coefficient (Wildman–Crippen LogP) is 0.336. The quantitative estimate of drug-likeness (QED) is 0.587. The summed E-state index contributed by atoms with van der Waals surface area (Å²) in [5.74, 6) is -0.709. The van der Waals surface area contributed by atoms with Gasteiger partial charge in [0.1, 0.15) is 0 Å². The standard InChI is InChI=1S/C7H12O3/c1-4-5(3-8)7(4,2)6(9)10/h4-5,8H,3H2,1-2H3,(H,9,10)/t4-,5+,7?/m0/s1. The Morgan fingerprint density at radius 3 is 2.30 bits per heavy atom. The maximum absolute atomic E-state index is 10.6. The Hall–Kier alpha value is -0.570. The molecule has 1 rings (SSSR count). The van der Waals surface area contributed by atoms with Gasteiger partial charge in [0.15, 0.2) is 0 Å². The lowest BCUT2D eigenvalue weighted by Gasteiger charge is -2.01. The minimum absolute atomic E-state index is 0.00995. The van der Waals surface area contributed by atoms with Gasteiger partial charge in [0.25, 0.3) is 0 Å². The van der Waals surface area contributed by atoms with Crippen molar-refractivity contribution in [3.05, 3.63) is 0 Å². The topological polar surface area (TPSA) is 57.5 Å². The second-order valence-electron chi connectivity index (χ2n) is 3.17. The highest BCUT2D eigenvalue weighted by molar-refractivity contribution is 5.78. The zero-order chi connectivity index (χ0) is 7.94. The number of aliphatic hydroxyl groups excluding tert-OH is 1. The molecule has 1 aliphatic rings. The zero-order valence-corrected chi connectivity index (χ0v) is 6.16. The van der Waals surface area contributed by atoms with Crippen LogP contribution in [0.1, 0.15) is 13.8 Å². The van der Waals surface area contributed by atoms with Crippen LogP contribution in [0.3, 0.4) is 0 Å². The molecule has 1 saturated carbocycles. The highest BCUT2D eigenvalue weighted by atomic mass is 16.4. The van der Waals surface area contributed by atoms with Crippen molar-refractivity contribution < 1.29 is 15.0 Å². The smallest absolute Gasteiger partial charge is 0.310 e. The van der Waals surface area contributed by atoms with E-state index in [1.807, 2.05) is 6.92 Å². The molecule has 0 radical (unpaired) electrons. The summed E-state index contributed by atoms with van der Waals surface area (Å²) in [7, 11) is 0. The van der Waals surface area contributed by atoms with Crippen molar-refractivity contribution in [2.45, 2.75) is 13.8 Å². The second kappa shape index (κ2) is 1.95. The van der Waals surface area contributed by atoms with Crippen LogP contribution in [0.4, 0.5) is 0 Å². The molecule has 0 amide bonds. The van der Waals surface area contributed by atoms with Gasteiger partial charge in [0, 0.05) is 12.5 Å². The summed E-state index contributed by atoms with van der Waals surface area (Å²) in [6.45, 7) is 3.53. The Balaban J connectivity index is 2.67. The van der Waals surface area contributed by atoms with E-state index in [4.69, 9.17) is 10.2 Å². The van der Waals surface area contributed by atoms with E-state index in [-0.39, 0.29) is 18.4 Å². The van der Waals surface area contributed by atoms with Gasteiger partial charge in [-0.25, -0.2) is 0 Å². The van der Waals surface area contributed by atoms with Crippen LogP contribution in [0, 0.1) is 17.3 Å². The normalized spacial score (nSPS) is 45.1. The lowest BCUT2D eigenvalue weighted by Crippen LogP contribution is -2.15. The maximum Gasteiger partial charge on any atom is 0.310 e. The molecule has 0 bridgehead atoms. The molecule has 1 fully saturated rings. The first-order valence-electron chi connectivity index (χ1n) is 3.39. The molecule has 1 aliphatic carbocycles. The summed E-state index contributed by atoms with van der Waals surface area (Å²) >= 11 is 0. The molecule has 0 aliphatic heterocycles. The number of hydrogen-bond acceptors (Lipinski definition) is 2. The second-order valence-corrected chi connectivity index (χ2v) is 3.17. The van der Waals surface area contributed by atoms with E-state index in [1.165, 1.54) is 0 Å². The molecule has 0 saturated heterocycles. The fraction of sp³-hybridized carbons (Fsp3) is 0.857. The van der Waals surface area contributed by atoms with Crippen LogP contribution in [-0.2, 0) is 4.79 Å². The van der Waals surface area contributed by atoms with E-state index in [2.05, 4.69) is 0 Å². The van der Waals surface area contributed by atoms with Crippen molar-refractivity contribution in [3.63, 3.8) is 0 Å². The predicted molar refractivity (Wildman–Crippen MR) is 35.5 cm³/mol. The minimum atomic E-state index is -0.793. The minimum Gasteiger partial charge on any atom is -0.481 e. The lowest BCUT2D eigenvalue weighted by molar-refractivity contribution is -0.143. The molecule has 0 aromatic rings. The third kappa shape index (κ3) is 0.669. The number of carboxylic acids is 1. The molecule has 3 heteroatoms. The van der Waals surface area contributed by atoms with E-state index >= 15 is 0 Å². The van der Waals surface area contributed by atoms with Crippen molar-refractivity contribution in [1.82, 2.24) is 0 Å². The van der Waals surface area contributed by atoms with E-state index in [9.17, 15) is 4.79 Å². The summed E-state index contributed by atoms with van der Waals surface area (Å²) in [6.07, 6.45) is 0. The summed E-state index contributed by atoms with van der Waals surface area (Å²) in [5.41, 5.74) is -0.658. The van der Waals surface area contributed by atoms with E-state index in [1.54, 1.807) is 6.92 Å². The number of carbonyl (C=O) groups is 1. The average molecular weight is 144 g/mol. The van der Waals surface area contributed by atoms with Crippen LogP contribution in [-0.4, -0.2) is 22.8 Å². The fourth-order valence-corrected chi connectivity index (χ4v) is 1.54. The number of aliphatic carboxylic acids is 1. The monoisotopic (exact) mass is 144 g/mol. The van der Waals surface area contributed by atoms with Crippen molar-refractivity contribution in [1.29, 1.82) is 0 Å². The van der Waals surface area contributed by atoms with Gasteiger partial charge in [-0.3, -0.25) is 4.79 Å². The molecule has 3 nitrogen and oxygen atoms in total. The molecule has 58 valence electrons. The summed E-state index contributed by atoms with van der Waals surface area (Å²) in [5, 5.41) is 17.4. The Labute approximate surface area is 59.7 Å². The molecule has 2 N–H and O–H groups in total. The highest BCUT2D eigenvalue weighted by Crippen LogP contribution is 2.57. The zero-order valence-electron chi connectivity index (χ0n) is 6.16. The first-order valence-corrected chi connectivity index (χ1v) is 3.39. The molecular weight excluding hydrogens is 132 g/mol. The Morgan fingerprint density at radius 1 is 1.70 bits per heavy atom. The fourth-order valence-electron chi connectivity index (χ4n) is 1.54. The van der Waals surface area contributed by atoms with Crippen molar-refractivity contribution in [2.75, 3.05) is 6.61 Å². The molecule has 0 heterocycles. The summed E-state index contributed by atoms with van der Waals surface area (Å²) in [6, 6.07) is 0. The molecular formula is C7H12O3. The van der Waals surface area contributed by atoms with Gasteiger partial charge in [-0.1, -0.05) is 6.92 Å². The Bertz CT molecular complexity index is 166.